The molecule has 3 aliphatic rings. The van der Waals surface area contributed by atoms with E-state index in [1.54, 1.807) is 0 Å². The van der Waals surface area contributed by atoms with Gasteiger partial charge in [0.1, 0.15) is 36.9 Å². The highest BCUT2D eigenvalue weighted by Crippen LogP contribution is 2.32. The molecule has 0 bridgehead atoms. The van der Waals surface area contributed by atoms with Gasteiger partial charge in [-0.1, -0.05) is 18.2 Å². The predicted octanol–water partition coefficient (Wildman–Crippen LogP) is 4.20. The molecule has 192 valence electrons. The monoisotopic (exact) mass is 516 g/mol. The van der Waals surface area contributed by atoms with Crippen LogP contribution in [0.25, 0.3) is 33.8 Å². The number of rotatable bonds is 6. The van der Waals surface area contributed by atoms with Gasteiger partial charge < -0.3 is 14.2 Å². The Bertz CT molecular complexity index is 1460. The third-order valence-electron chi connectivity index (χ3n) is 6.48. The number of hydrogen-bond donors (Lipinski definition) is 0. The summed E-state index contributed by atoms with van der Waals surface area (Å²) in [5.74, 6) is 1.73. The summed E-state index contributed by atoms with van der Waals surface area (Å²) in [7, 11) is 0. The average Bonchev–Trinajstić information content (AvgIpc) is 3.81. The van der Waals surface area contributed by atoms with E-state index < -0.39 is 0 Å². The first-order valence-corrected chi connectivity index (χ1v) is 12.9. The van der Waals surface area contributed by atoms with Crippen LogP contribution in [0.5, 0.6) is 0 Å². The summed E-state index contributed by atoms with van der Waals surface area (Å²) in [5, 5.41) is 0. The largest absolute Gasteiger partial charge is 0.474 e. The molecular formula is C30H24N6O3. The fourth-order valence-electron chi connectivity index (χ4n) is 4.69. The van der Waals surface area contributed by atoms with E-state index in [4.69, 9.17) is 29.2 Å². The van der Waals surface area contributed by atoms with E-state index in [1.807, 2.05) is 54.6 Å². The number of aromatic nitrogens is 3. The summed E-state index contributed by atoms with van der Waals surface area (Å²) in [5.41, 5.74) is 7.30. The van der Waals surface area contributed by atoms with Crippen LogP contribution in [-0.4, -0.2) is 72.1 Å². The zero-order valence-corrected chi connectivity index (χ0v) is 21.1. The van der Waals surface area contributed by atoms with Gasteiger partial charge in [-0.2, -0.15) is 0 Å². The topological polar surface area (TPSA) is 103 Å². The second kappa shape index (κ2) is 10.1. The Kier molecular flexibility index (Phi) is 6.01. The number of aliphatic imine (C=N–C) groups is 3. The van der Waals surface area contributed by atoms with Gasteiger partial charge in [0.2, 0.25) is 17.7 Å². The predicted molar refractivity (Wildman–Crippen MR) is 148 cm³/mol. The van der Waals surface area contributed by atoms with Crippen LogP contribution in [-0.2, 0) is 14.2 Å². The Morgan fingerprint density at radius 2 is 0.718 bits per heavy atom. The molecule has 0 aliphatic carbocycles. The molecule has 3 aromatic heterocycles. The molecule has 0 unspecified atom stereocenters. The van der Waals surface area contributed by atoms with Crippen LogP contribution in [0.15, 0.2) is 87.8 Å². The second-order valence-electron chi connectivity index (χ2n) is 9.13. The van der Waals surface area contributed by atoms with Crippen molar-refractivity contribution in [3.8, 4) is 33.8 Å². The van der Waals surface area contributed by atoms with Crippen molar-refractivity contribution >= 4 is 17.7 Å². The zero-order valence-electron chi connectivity index (χ0n) is 21.1. The maximum atomic E-state index is 5.66. The van der Waals surface area contributed by atoms with Crippen LogP contribution in [0.4, 0.5) is 0 Å². The number of benzene rings is 1. The Hall–Kier alpha value is -4.92. The molecule has 0 atom stereocenters. The summed E-state index contributed by atoms with van der Waals surface area (Å²) in [6.07, 6.45) is 0. The fourth-order valence-corrected chi connectivity index (χ4v) is 4.69. The van der Waals surface area contributed by atoms with Gasteiger partial charge in [0.25, 0.3) is 0 Å². The summed E-state index contributed by atoms with van der Waals surface area (Å²) >= 11 is 0. The van der Waals surface area contributed by atoms with Gasteiger partial charge >= 0.3 is 0 Å². The fraction of sp³-hybridized carbons (Fsp3) is 0.200. The van der Waals surface area contributed by atoms with E-state index in [0.717, 1.165) is 33.8 Å². The van der Waals surface area contributed by atoms with E-state index >= 15 is 0 Å². The number of nitrogens with zero attached hydrogens (tertiary/aromatic N) is 6. The van der Waals surface area contributed by atoms with Gasteiger partial charge in [0.05, 0.1) is 36.7 Å². The molecule has 6 heterocycles. The van der Waals surface area contributed by atoms with Crippen molar-refractivity contribution in [3.05, 3.63) is 89.9 Å². The lowest BCUT2D eigenvalue weighted by atomic mass is 9.98. The smallest absolute Gasteiger partial charge is 0.235 e. The molecule has 9 nitrogen and oxygen atoms in total. The van der Waals surface area contributed by atoms with E-state index in [0.29, 0.717) is 74.2 Å². The molecule has 0 radical (unpaired) electrons. The molecule has 0 spiro atoms. The van der Waals surface area contributed by atoms with E-state index in [-0.39, 0.29) is 0 Å². The lowest BCUT2D eigenvalue weighted by Crippen LogP contribution is -2.05. The van der Waals surface area contributed by atoms with Crippen molar-refractivity contribution in [1.82, 2.24) is 15.0 Å². The van der Waals surface area contributed by atoms with Crippen molar-refractivity contribution in [3.63, 3.8) is 0 Å². The van der Waals surface area contributed by atoms with Crippen LogP contribution in [0.3, 0.4) is 0 Å². The zero-order chi connectivity index (χ0) is 26.0. The van der Waals surface area contributed by atoms with Crippen LogP contribution < -0.4 is 0 Å². The third kappa shape index (κ3) is 4.74. The van der Waals surface area contributed by atoms with Crippen molar-refractivity contribution in [2.75, 3.05) is 39.5 Å². The third-order valence-corrected chi connectivity index (χ3v) is 6.48. The summed E-state index contributed by atoms with van der Waals surface area (Å²) in [6, 6.07) is 23.9. The van der Waals surface area contributed by atoms with E-state index in [1.165, 1.54) is 0 Å². The van der Waals surface area contributed by atoms with Gasteiger partial charge in [-0.05, 0) is 54.6 Å². The van der Waals surface area contributed by atoms with Crippen LogP contribution >= 0.6 is 0 Å². The Labute approximate surface area is 225 Å². The SMILES string of the molecule is c1cc(C2=NCCO2)nc(-c2cc(-c3cccc(C4=NCCO4)n3)cc(-c3cccc(C4=NCCO4)n3)c2)c1. The Morgan fingerprint density at radius 3 is 1.00 bits per heavy atom. The first-order chi connectivity index (χ1) is 19.3. The average molecular weight is 517 g/mol. The maximum Gasteiger partial charge on any atom is 0.235 e. The van der Waals surface area contributed by atoms with Gasteiger partial charge in [0.15, 0.2) is 0 Å². The molecule has 7 rings (SSSR count). The Balaban J connectivity index is 1.35. The lowest BCUT2D eigenvalue weighted by molar-refractivity contribution is 0.347. The minimum atomic E-state index is 0.576. The van der Waals surface area contributed by atoms with E-state index in [9.17, 15) is 0 Å². The van der Waals surface area contributed by atoms with Crippen LogP contribution in [0.2, 0.25) is 0 Å². The summed E-state index contributed by atoms with van der Waals surface area (Å²) in [6.45, 7) is 3.68. The molecular weight excluding hydrogens is 492 g/mol. The standard InChI is InChI=1S/C30H24N6O3/c1-4-22(34-25(7-1)28-31-10-13-37-28)19-16-20(23-5-2-8-26(35-23)29-32-11-14-38-29)18-21(17-19)24-6-3-9-27(36-24)30-33-12-15-39-30/h1-9,16-18H,10-15H2. The molecule has 0 amide bonds. The molecule has 0 N–H and O–H groups in total. The van der Waals surface area contributed by atoms with E-state index in [2.05, 4.69) is 33.2 Å². The number of pyridine rings is 3. The molecule has 3 aliphatic heterocycles. The molecule has 0 saturated carbocycles. The maximum absolute atomic E-state index is 5.66. The number of ether oxygens (including phenoxy) is 3. The normalized spacial score (nSPS) is 16.2. The van der Waals surface area contributed by atoms with Crippen LogP contribution in [0, 0.1) is 0 Å². The molecule has 39 heavy (non-hydrogen) atoms. The summed E-state index contributed by atoms with van der Waals surface area (Å²) in [4.78, 5) is 27.9. The quantitative estimate of drug-likeness (QED) is 0.381. The number of hydrogen-bond acceptors (Lipinski definition) is 9. The second-order valence-corrected chi connectivity index (χ2v) is 9.13. The van der Waals surface area contributed by atoms with Crippen molar-refractivity contribution < 1.29 is 14.2 Å². The Morgan fingerprint density at radius 1 is 0.410 bits per heavy atom. The van der Waals surface area contributed by atoms with Gasteiger partial charge in [-0.25, -0.2) is 29.9 Å². The van der Waals surface area contributed by atoms with Gasteiger partial charge in [-0.15, -0.1) is 0 Å². The highest BCUT2D eigenvalue weighted by Gasteiger charge is 2.18. The molecule has 9 heteroatoms. The van der Waals surface area contributed by atoms with Crippen LogP contribution in [0.1, 0.15) is 17.1 Å². The highest BCUT2D eigenvalue weighted by molar-refractivity contribution is 5.95. The summed E-state index contributed by atoms with van der Waals surface area (Å²) < 4.78 is 17.0. The van der Waals surface area contributed by atoms with Gasteiger partial charge in [0, 0.05) is 16.7 Å². The lowest BCUT2D eigenvalue weighted by Gasteiger charge is -2.12. The van der Waals surface area contributed by atoms with Crippen molar-refractivity contribution in [2.45, 2.75) is 0 Å². The molecule has 0 saturated heterocycles. The minimum Gasteiger partial charge on any atom is -0.474 e. The molecule has 1 aromatic carbocycles. The first kappa shape index (κ1) is 23.2. The van der Waals surface area contributed by atoms with Crippen molar-refractivity contribution in [2.24, 2.45) is 15.0 Å². The minimum absolute atomic E-state index is 0.576. The van der Waals surface area contributed by atoms with Gasteiger partial charge in [-0.3, -0.25) is 0 Å². The first-order valence-electron chi connectivity index (χ1n) is 12.9. The van der Waals surface area contributed by atoms with Crippen molar-refractivity contribution in [1.29, 1.82) is 0 Å². The molecule has 0 fully saturated rings. The molecule has 4 aromatic rings. The highest BCUT2D eigenvalue weighted by atomic mass is 16.5.